The fraction of sp³-hybridized carbons (Fsp3) is 0.632. The van der Waals surface area contributed by atoms with Crippen LogP contribution in [0.1, 0.15) is 43.2 Å². The Labute approximate surface area is 139 Å². The summed E-state index contributed by atoms with van der Waals surface area (Å²) in [5.41, 5.74) is 8.39. The predicted octanol–water partition coefficient (Wildman–Crippen LogP) is 2.27. The van der Waals surface area contributed by atoms with E-state index >= 15 is 0 Å². The molecule has 3 rings (SSSR count). The first-order valence-electron chi connectivity index (χ1n) is 9.05. The van der Waals surface area contributed by atoms with Crippen LogP contribution in [0.25, 0.3) is 0 Å². The smallest absolute Gasteiger partial charge is 0.223 e. The van der Waals surface area contributed by atoms with E-state index in [-0.39, 0.29) is 11.8 Å². The minimum Gasteiger partial charge on any atom is -0.352 e. The van der Waals surface area contributed by atoms with Crippen molar-refractivity contribution < 1.29 is 4.79 Å². The lowest BCUT2D eigenvalue weighted by Crippen LogP contribution is -2.35. The summed E-state index contributed by atoms with van der Waals surface area (Å²) >= 11 is 0. The summed E-state index contributed by atoms with van der Waals surface area (Å²) in [7, 11) is 0. The lowest BCUT2D eigenvalue weighted by molar-refractivity contribution is -0.126. The van der Waals surface area contributed by atoms with Gasteiger partial charge in [-0.05, 0) is 62.4 Å². The Morgan fingerprint density at radius 1 is 1.13 bits per heavy atom. The normalized spacial score (nSPS) is 24.9. The number of carbonyl (C=O) groups is 1. The van der Waals surface area contributed by atoms with Gasteiger partial charge in [0.15, 0.2) is 0 Å². The average Bonchev–Trinajstić information content (AvgIpc) is 3.25. The highest BCUT2D eigenvalue weighted by Crippen LogP contribution is 2.31. The maximum absolute atomic E-state index is 12.5. The molecule has 0 aromatic heterocycles. The third-order valence-corrected chi connectivity index (χ3v) is 5.46. The molecule has 1 aliphatic heterocycles. The van der Waals surface area contributed by atoms with Crippen LogP contribution in [-0.4, -0.2) is 30.4 Å². The molecule has 1 saturated heterocycles. The van der Waals surface area contributed by atoms with E-state index in [2.05, 4.69) is 34.5 Å². The van der Waals surface area contributed by atoms with Gasteiger partial charge in [-0.2, -0.15) is 0 Å². The van der Waals surface area contributed by atoms with E-state index in [1.54, 1.807) is 0 Å². The maximum atomic E-state index is 12.5. The molecule has 0 unspecified atom stereocenters. The van der Waals surface area contributed by atoms with Crippen molar-refractivity contribution in [1.82, 2.24) is 10.2 Å². The van der Waals surface area contributed by atoms with E-state index < -0.39 is 0 Å². The number of likely N-dealkylation sites (tertiary alicyclic amines) is 1. The highest BCUT2D eigenvalue weighted by Gasteiger charge is 2.31. The number of carbonyl (C=O) groups excluding carboxylic acids is 1. The fourth-order valence-electron chi connectivity index (χ4n) is 4.04. The van der Waals surface area contributed by atoms with Gasteiger partial charge in [0.25, 0.3) is 0 Å². The van der Waals surface area contributed by atoms with Crippen LogP contribution in [0.2, 0.25) is 0 Å². The summed E-state index contributed by atoms with van der Waals surface area (Å²) in [6.07, 6.45) is 5.83. The number of nitrogens with zero attached hydrogens (tertiary/aromatic N) is 1. The molecule has 1 aromatic rings. The molecule has 2 aliphatic rings. The number of hydrogen-bond donors (Lipinski definition) is 2. The first-order valence-corrected chi connectivity index (χ1v) is 9.05. The second kappa shape index (κ2) is 7.93. The second-order valence-corrected chi connectivity index (χ2v) is 7.00. The van der Waals surface area contributed by atoms with Gasteiger partial charge in [0.2, 0.25) is 5.91 Å². The molecule has 23 heavy (non-hydrogen) atoms. The van der Waals surface area contributed by atoms with Crippen LogP contribution < -0.4 is 11.1 Å². The number of nitrogens with one attached hydrogen (secondary N) is 1. The Balaban J connectivity index is 1.58. The van der Waals surface area contributed by atoms with Crippen molar-refractivity contribution in [3.8, 4) is 0 Å². The largest absolute Gasteiger partial charge is 0.352 e. The van der Waals surface area contributed by atoms with Crippen LogP contribution in [0.5, 0.6) is 0 Å². The van der Waals surface area contributed by atoms with Crippen LogP contribution in [0.4, 0.5) is 0 Å². The molecule has 2 atom stereocenters. The monoisotopic (exact) mass is 315 g/mol. The van der Waals surface area contributed by atoms with Gasteiger partial charge in [-0.1, -0.05) is 30.7 Å². The summed E-state index contributed by atoms with van der Waals surface area (Å²) in [6.45, 7) is 4.66. The summed E-state index contributed by atoms with van der Waals surface area (Å²) in [5.74, 6) is 0.675. The van der Waals surface area contributed by atoms with Crippen LogP contribution in [0, 0.1) is 11.8 Å². The van der Waals surface area contributed by atoms with Crippen LogP contribution in [0.15, 0.2) is 24.3 Å². The highest BCUT2D eigenvalue weighted by atomic mass is 16.1. The Morgan fingerprint density at radius 2 is 1.87 bits per heavy atom. The second-order valence-electron chi connectivity index (χ2n) is 7.00. The van der Waals surface area contributed by atoms with E-state index in [0.717, 1.165) is 25.8 Å². The SMILES string of the molecule is NC[C@H]1CCC[C@H]1C(=O)NCc1ccccc1CN1CCCC1. The zero-order valence-corrected chi connectivity index (χ0v) is 14.0. The van der Waals surface area contributed by atoms with E-state index in [0.29, 0.717) is 19.0 Å². The fourth-order valence-corrected chi connectivity index (χ4v) is 4.04. The van der Waals surface area contributed by atoms with Crippen molar-refractivity contribution in [2.45, 2.75) is 45.2 Å². The number of nitrogens with two attached hydrogens (primary N) is 1. The van der Waals surface area contributed by atoms with Gasteiger partial charge in [0.1, 0.15) is 0 Å². The molecule has 0 radical (unpaired) electrons. The molecule has 1 saturated carbocycles. The molecular weight excluding hydrogens is 286 g/mol. The molecule has 4 heteroatoms. The molecule has 126 valence electrons. The molecular formula is C19H29N3O. The molecule has 1 aromatic carbocycles. The minimum atomic E-state index is 0.116. The Morgan fingerprint density at radius 3 is 2.61 bits per heavy atom. The van der Waals surface area contributed by atoms with Crippen molar-refractivity contribution in [2.24, 2.45) is 17.6 Å². The van der Waals surface area contributed by atoms with Gasteiger partial charge < -0.3 is 11.1 Å². The van der Waals surface area contributed by atoms with Gasteiger partial charge in [-0.15, -0.1) is 0 Å². The van der Waals surface area contributed by atoms with Crippen LogP contribution in [0.3, 0.4) is 0 Å². The number of rotatable bonds is 6. The van der Waals surface area contributed by atoms with Gasteiger partial charge in [0.05, 0.1) is 0 Å². The molecule has 4 nitrogen and oxygen atoms in total. The summed E-state index contributed by atoms with van der Waals surface area (Å²) < 4.78 is 0. The zero-order chi connectivity index (χ0) is 16.1. The third kappa shape index (κ3) is 4.12. The molecule has 0 bridgehead atoms. The van der Waals surface area contributed by atoms with Gasteiger partial charge in [0, 0.05) is 19.0 Å². The zero-order valence-electron chi connectivity index (χ0n) is 14.0. The molecule has 2 fully saturated rings. The van der Waals surface area contributed by atoms with Crippen LogP contribution >= 0.6 is 0 Å². The molecule has 0 spiro atoms. The lowest BCUT2D eigenvalue weighted by Gasteiger charge is -2.20. The van der Waals surface area contributed by atoms with Crippen molar-refractivity contribution in [3.63, 3.8) is 0 Å². The van der Waals surface area contributed by atoms with Gasteiger partial charge >= 0.3 is 0 Å². The topological polar surface area (TPSA) is 58.4 Å². The molecule has 3 N–H and O–H groups in total. The lowest BCUT2D eigenvalue weighted by atomic mass is 9.95. The summed E-state index contributed by atoms with van der Waals surface area (Å²) in [4.78, 5) is 15.0. The Hall–Kier alpha value is -1.39. The first-order chi connectivity index (χ1) is 11.3. The van der Waals surface area contributed by atoms with E-state index in [4.69, 9.17) is 5.73 Å². The Bertz CT molecular complexity index is 525. The Kier molecular flexibility index (Phi) is 5.68. The van der Waals surface area contributed by atoms with E-state index in [9.17, 15) is 4.79 Å². The quantitative estimate of drug-likeness (QED) is 0.847. The van der Waals surface area contributed by atoms with Crippen molar-refractivity contribution >= 4 is 5.91 Å². The third-order valence-electron chi connectivity index (χ3n) is 5.46. The number of benzene rings is 1. The van der Waals surface area contributed by atoms with E-state index in [1.165, 1.54) is 37.1 Å². The van der Waals surface area contributed by atoms with E-state index in [1.807, 2.05) is 0 Å². The number of hydrogen-bond acceptors (Lipinski definition) is 3. The molecule has 1 aliphatic carbocycles. The summed E-state index contributed by atoms with van der Waals surface area (Å²) in [6, 6.07) is 8.49. The minimum absolute atomic E-state index is 0.116. The number of amides is 1. The molecule has 1 heterocycles. The molecule has 1 amide bonds. The first kappa shape index (κ1) is 16.5. The van der Waals surface area contributed by atoms with Gasteiger partial charge in [-0.25, -0.2) is 0 Å². The standard InChI is InChI=1S/C19H29N3O/c20-12-15-8-5-9-18(15)19(23)21-13-16-6-1-2-7-17(16)14-22-10-3-4-11-22/h1-2,6-7,15,18H,3-5,8-14,20H2,(H,21,23)/t15-,18-/m1/s1. The average molecular weight is 315 g/mol. The predicted molar refractivity (Wildman–Crippen MR) is 92.7 cm³/mol. The summed E-state index contributed by atoms with van der Waals surface area (Å²) in [5, 5.41) is 3.16. The van der Waals surface area contributed by atoms with Gasteiger partial charge in [-0.3, -0.25) is 9.69 Å². The van der Waals surface area contributed by atoms with Crippen molar-refractivity contribution in [2.75, 3.05) is 19.6 Å². The van der Waals surface area contributed by atoms with Crippen LogP contribution in [-0.2, 0) is 17.9 Å². The van der Waals surface area contributed by atoms with Crippen molar-refractivity contribution in [3.05, 3.63) is 35.4 Å². The van der Waals surface area contributed by atoms with Crippen molar-refractivity contribution in [1.29, 1.82) is 0 Å². The highest BCUT2D eigenvalue weighted by molar-refractivity contribution is 5.79. The maximum Gasteiger partial charge on any atom is 0.223 e.